The molecule has 0 radical (unpaired) electrons. The lowest BCUT2D eigenvalue weighted by Crippen LogP contribution is -2.38. The second-order valence-corrected chi connectivity index (χ2v) is 5.98. The summed E-state index contributed by atoms with van der Waals surface area (Å²) in [6.07, 6.45) is 7.22. The van der Waals surface area contributed by atoms with Crippen molar-refractivity contribution in [2.24, 2.45) is 0 Å². The maximum Gasteiger partial charge on any atom is 0.261 e. The van der Waals surface area contributed by atoms with Gasteiger partial charge in [-0.25, -0.2) is 13.4 Å². The molecule has 0 spiro atoms. The lowest BCUT2D eigenvalue weighted by Gasteiger charge is -2.25. The summed E-state index contributed by atoms with van der Waals surface area (Å²) in [5.74, 6) is 0. The summed E-state index contributed by atoms with van der Waals surface area (Å²) in [5.41, 5.74) is 0. The number of nitrogens with zero attached hydrogens (tertiary/aromatic N) is 2. The Morgan fingerprint density at radius 2 is 2.18 bits per heavy atom. The minimum atomic E-state index is -3.46. The first-order chi connectivity index (χ1) is 8.12. The Morgan fingerprint density at radius 3 is 2.88 bits per heavy atom. The fourth-order valence-electron chi connectivity index (χ4n) is 1.91. The molecule has 4 nitrogen and oxygen atoms in total. The summed E-state index contributed by atoms with van der Waals surface area (Å²) in [4.78, 5) is 3.94. The van der Waals surface area contributed by atoms with E-state index in [2.05, 4.69) is 4.98 Å². The number of aromatic nitrogens is 1. The molecule has 0 bridgehead atoms. The highest BCUT2D eigenvalue weighted by molar-refractivity contribution is 7.89. The van der Waals surface area contributed by atoms with Crippen molar-refractivity contribution >= 4 is 10.0 Å². The number of sulfonamides is 1. The van der Waals surface area contributed by atoms with Crippen molar-refractivity contribution in [2.75, 3.05) is 6.54 Å². The lowest BCUT2D eigenvalue weighted by atomic mass is 10.2. The zero-order valence-corrected chi connectivity index (χ0v) is 10.6. The minimum absolute atomic E-state index is 0.0111. The van der Waals surface area contributed by atoms with Gasteiger partial charge in [-0.1, -0.05) is 18.2 Å². The molecule has 1 aliphatic rings. The molecule has 2 rings (SSSR count). The summed E-state index contributed by atoms with van der Waals surface area (Å²) in [5, 5.41) is 0.127. The van der Waals surface area contributed by atoms with Crippen molar-refractivity contribution in [3.63, 3.8) is 0 Å². The van der Waals surface area contributed by atoms with Gasteiger partial charge >= 0.3 is 0 Å². The van der Waals surface area contributed by atoms with Crippen LogP contribution in [0.3, 0.4) is 0 Å². The van der Waals surface area contributed by atoms with Gasteiger partial charge in [0.05, 0.1) is 0 Å². The summed E-state index contributed by atoms with van der Waals surface area (Å²) in [6.45, 7) is 2.37. The second kappa shape index (κ2) is 4.98. The van der Waals surface area contributed by atoms with Crippen molar-refractivity contribution in [2.45, 2.75) is 30.8 Å². The van der Waals surface area contributed by atoms with Crippen molar-refractivity contribution in [1.29, 1.82) is 0 Å². The highest BCUT2D eigenvalue weighted by atomic mass is 32.2. The Balaban J connectivity index is 2.35. The number of rotatable bonds is 2. The molecule has 5 heteroatoms. The molecular formula is C12H16N2O2S. The van der Waals surface area contributed by atoms with Gasteiger partial charge in [0.25, 0.3) is 10.0 Å². The average Bonchev–Trinajstić information content (AvgIpc) is 2.55. The van der Waals surface area contributed by atoms with Crippen LogP contribution in [-0.4, -0.2) is 30.3 Å². The van der Waals surface area contributed by atoms with E-state index >= 15 is 0 Å². The van der Waals surface area contributed by atoms with E-state index in [0.29, 0.717) is 6.54 Å². The number of hydrogen-bond acceptors (Lipinski definition) is 3. The SMILES string of the molecule is C[C@@H]1CCC=CCN1S(=O)(=O)c1ccccn1. The fourth-order valence-corrected chi connectivity index (χ4v) is 3.46. The van der Waals surface area contributed by atoms with Gasteiger partial charge in [0.2, 0.25) is 0 Å². The van der Waals surface area contributed by atoms with Gasteiger partial charge in [-0.15, -0.1) is 0 Å². The third-order valence-corrected chi connectivity index (χ3v) is 4.80. The maximum absolute atomic E-state index is 12.4. The van der Waals surface area contributed by atoms with E-state index in [0.717, 1.165) is 12.8 Å². The largest absolute Gasteiger partial charge is 0.261 e. The minimum Gasteiger partial charge on any atom is -0.243 e. The molecule has 0 aliphatic carbocycles. The highest BCUT2D eigenvalue weighted by Crippen LogP contribution is 2.20. The maximum atomic E-state index is 12.4. The predicted molar refractivity (Wildman–Crippen MR) is 66.0 cm³/mol. The molecular weight excluding hydrogens is 236 g/mol. The van der Waals surface area contributed by atoms with E-state index in [1.165, 1.54) is 16.6 Å². The van der Waals surface area contributed by atoms with Gasteiger partial charge in [-0.3, -0.25) is 0 Å². The average molecular weight is 252 g/mol. The molecule has 1 aromatic heterocycles. The topological polar surface area (TPSA) is 50.3 Å². The predicted octanol–water partition coefficient (Wildman–Crippen LogP) is 1.81. The van der Waals surface area contributed by atoms with Crippen LogP contribution in [-0.2, 0) is 10.0 Å². The summed E-state index contributed by atoms with van der Waals surface area (Å²) in [6, 6.07) is 4.96. The van der Waals surface area contributed by atoms with Gasteiger partial charge in [0.15, 0.2) is 5.03 Å². The van der Waals surface area contributed by atoms with E-state index in [9.17, 15) is 8.42 Å². The zero-order chi connectivity index (χ0) is 12.3. The van der Waals surface area contributed by atoms with E-state index in [-0.39, 0.29) is 11.1 Å². The summed E-state index contributed by atoms with van der Waals surface area (Å²) < 4.78 is 26.3. The number of allylic oxidation sites excluding steroid dienone is 1. The molecule has 0 saturated heterocycles. The van der Waals surface area contributed by atoms with Crippen LogP contribution in [0.5, 0.6) is 0 Å². The highest BCUT2D eigenvalue weighted by Gasteiger charge is 2.29. The van der Waals surface area contributed by atoms with Crippen LogP contribution in [0, 0.1) is 0 Å². The normalized spacial score (nSPS) is 22.3. The first-order valence-electron chi connectivity index (χ1n) is 5.70. The second-order valence-electron chi connectivity index (χ2n) is 4.14. The van der Waals surface area contributed by atoms with E-state index in [4.69, 9.17) is 0 Å². The zero-order valence-electron chi connectivity index (χ0n) is 9.78. The van der Waals surface area contributed by atoms with Crippen molar-refractivity contribution in [3.8, 4) is 0 Å². The third-order valence-electron chi connectivity index (χ3n) is 2.91. The lowest BCUT2D eigenvalue weighted by molar-refractivity contribution is 0.353. The van der Waals surface area contributed by atoms with Crippen LogP contribution >= 0.6 is 0 Å². The van der Waals surface area contributed by atoms with E-state index in [1.807, 2.05) is 19.1 Å². The molecule has 1 aliphatic heterocycles. The molecule has 1 atom stereocenters. The fraction of sp³-hybridized carbons (Fsp3) is 0.417. The number of pyridine rings is 1. The third kappa shape index (κ3) is 2.56. The van der Waals surface area contributed by atoms with E-state index in [1.54, 1.807) is 12.1 Å². The van der Waals surface area contributed by atoms with Crippen LogP contribution in [0.2, 0.25) is 0 Å². The Kier molecular flexibility index (Phi) is 3.59. The van der Waals surface area contributed by atoms with Gasteiger partial charge in [0.1, 0.15) is 0 Å². The standard InChI is InChI=1S/C12H16N2O2S/c1-11-7-3-2-6-10-14(11)17(15,16)12-8-4-5-9-13-12/h2,4-6,8-9,11H,3,7,10H2,1H3/t11-/m1/s1. The quantitative estimate of drug-likeness (QED) is 0.754. The molecule has 0 saturated carbocycles. The van der Waals surface area contributed by atoms with Crippen molar-refractivity contribution in [1.82, 2.24) is 9.29 Å². The van der Waals surface area contributed by atoms with Crippen molar-refractivity contribution < 1.29 is 8.42 Å². The van der Waals surface area contributed by atoms with E-state index < -0.39 is 10.0 Å². The Hall–Kier alpha value is -1.20. The molecule has 17 heavy (non-hydrogen) atoms. The molecule has 1 aromatic rings. The summed E-state index contributed by atoms with van der Waals surface area (Å²) in [7, 11) is -3.46. The molecule has 0 N–H and O–H groups in total. The van der Waals surface area contributed by atoms with Crippen LogP contribution < -0.4 is 0 Å². The van der Waals surface area contributed by atoms with Gasteiger partial charge in [-0.05, 0) is 31.9 Å². The Labute approximate surface area is 102 Å². The van der Waals surface area contributed by atoms with Gasteiger partial charge in [0, 0.05) is 18.8 Å². The van der Waals surface area contributed by atoms with Crippen molar-refractivity contribution in [3.05, 3.63) is 36.5 Å². The first-order valence-corrected chi connectivity index (χ1v) is 7.14. The summed E-state index contributed by atoms with van der Waals surface area (Å²) >= 11 is 0. The first kappa shape index (κ1) is 12.3. The molecule has 2 heterocycles. The molecule has 0 amide bonds. The number of hydrogen-bond donors (Lipinski definition) is 0. The monoisotopic (exact) mass is 252 g/mol. The van der Waals surface area contributed by atoms with Gasteiger partial charge in [-0.2, -0.15) is 4.31 Å². The van der Waals surface area contributed by atoms with Crippen LogP contribution in [0.1, 0.15) is 19.8 Å². The molecule has 92 valence electrons. The Morgan fingerprint density at radius 1 is 1.35 bits per heavy atom. The van der Waals surface area contributed by atoms with Crippen LogP contribution in [0.4, 0.5) is 0 Å². The van der Waals surface area contributed by atoms with Gasteiger partial charge < -0.3 is 0 Å². The smallest absolute Gasteiger partial charge is 0.243 e. The Bertz CT molecular complexity index is 496. The van der Waals surface area contributed by atoms with Crippen LogP contribution in [0.25, 0.3) is 0 Å². The molecule has 0 fully saturated rings. The molecule has 0 unspecified atom stereocenters. The molecule has 0 aromatic carbocycles. The van der Waals surface area contributed by atoms with Crippen LogP contribution in [0.15, 0.2) is 41.6 Å².